The van der Waals surface area contributed by atoms with Crippen LogP contribution >= 0.6 is 23.2 Å². The first-order valence-corrected chi connectivity index (χ1v) is 10.6. The number of piperidine rings is 1. The average molecular weight is 471 g/mol. The van der Waals surface area contributed by atoms with E-state index < -0.39 is 17.8 Å². The molecular formula is C21H19Cl2F3N4O. The molecule has 1 aliphatic heterocycles. The van der Waals surface area contributed by atoms with Gasteiger partial charge in [-0.15, -0.1) is 0 Å². The molecule has 164 valence electrons. The van der Waals surface area contributed by atoms with Crippen molar-refractivity contribution in [3.8, 4) is 11.3 Å². The highest BCUT2D eigenvalue weighted by Crippen LogP contribution is 2.34. The van der Waals surface area contributed by atoms with Crippen molar-refractivity contribution >= 4 is 34.8 Å². The van der Waals surface area contributed by atoms with E-state index in [0.29, 0.717) is 10.1 Å². The first-order valence-electron chi connectivity index (χ1n) is 9.82. The lowest BCUT2D eigenvalue weighted by molar-refractivity contribution is -0.142. The second-order valence-corrected chi connectivity index (χ2v) is 8.61. The van der Waals surface area contributed by atoms with Gasteiger partial charge in [-0.3, -0.25) is 4.79 Å². The molecule has 0 radical (unpaired) electrons. The Morgan fingerprint density at radius 2 is 1.74 bits per heavy atom. The van der Waals surface area contributed by atoms with E-state index in [1.165, 1.54) is 24.3 Å². The molecule has 31 heavy (non-hydrogen) atoms. The van der Waals surface area contributed by atoms with Gasteiger partial charge in [0.15, 0.2) is 17.0 Å². The van der Waals surface area contributed by atoms with Crippen molar-refractivity contribution in [3.63, 3.8) is 0 Å². The summed E-state index contributed by atoms with van der Waals surface area (Å²) in [6.45, 7) is 3.87. The van der Waals surface area contributed by atoms with E-state index >= 15 is 0 Å². The van der Waals surface area contributed by atoms with Crippen molar-refractivity contribution in [3.05, 3.63) is 51.8 Å². The fourth-order valence-corrected chi connectivity index (χ4v) is 4.34. The largest absolute Gasteiger partial charge is 0.433 e. The molecule has 0 saturated carbocycles. The summed E-state index contributed by atoms with van der Waals surface area (Å²) in [7, 11) is 0. The lowest BCUT2D eigenvalue weighted by Crippen LogP contribution is -2.47. The van der Waals surface area contributed by atoms with Gasteiger partial charge >= 0.3 is 6.18 Å². The third-order valence-electron chi connectivity index (χ3n) is 5.58. The quantitative estimate of drug-likeness (QED) is 0.452. The molecule has 2 atom stereocenters. The number of rotatable bonds is 2. The first-order chi connectivity index (χ1) is 14.6. The topological polar surface area (TPSA) is 50.5 Å². The third kappa shape index (κ3) is 4.11. The molecule has 1 fully saturated rings. The minimum absolute atomic E-state index is 0.0112. The Kier molecular flexibility index (Phi) is 5.64. The van der Waals surface area contributed by atoms with E-state index in [-0.39, 0.29) is 39.2 Å². The van der Waals surface area contributed by atoms with E-state index in [2.05, 4.69) is 10.1 Å². The Bertz CT molecular complexity index is 1150. The van der Waals surface area contributed by atoms with Gasteiger partial charge in [0, 0.05) is 23.7 Å². The number of hydrogen-bond donors (Lipinski definition) is 0. The summed E-state index contributed by atoms with van der Waals surface area (Å²) in [5.74, 6) is -0.394. The van der Waals surface area contributed by atoms with Crippen molar-refractivity contribution < 1.29 is 18.0 Å². The van der Waals surface area contributed by atoms with Crippen LogP contribution in [0.5, 0.6) is 0 Å². The van der Waals surface area contributed by atoms with Gasteiger partial charge in [0.25, 0.3) is 5.91 Å². The second-order valence-electron chi connectivity index (χ2n) is 7.79. The minimum atomic E-state index is -4.70. The van der Waals surface area contributed by atoms with Crippen LogP contribution in [0.2, 0.25) is 10.0 Å². The van der Waals surface area contributed by atoms with Crippen LogP contribution in [0, 0.1) is 0 Å². The van der Waals surface area contributed by atoms with Crippen molar-refractivity contribution in [2.45, 2.75) is 51.4 Å². The van der Waals surface area contributed by atoms with Gasteiger partial charge in [0.2, 0.25) is 0 Å². The molecular weight excluding hydrogens is 452 g/mol. The molecule has 3 aromatic rings. The molecule has 1 aromatic carbocycles. The molecule has 5 nitrogen and oxygen atoms in total. The molecule has 3 heterocycles. The molecule has 4 rings (SSSR count). The summed E-state index contributed by atoms with van der Waals surface area (Å²) in [5, 5.41) is 4.47. The zero-order chi connectivity index (χ0) is 22.5. The van der Waals surface area contributed by atoms with Crippen molar-refractivity contribution in [2.24, 2.45) is 0 Å². The highest BCUT2D eigenvalue weighted by Gasteiger charge is 2.37. The molecule has 1 saturated heterocycles. The standard InChI is InChI=1S/C21H19Cl2F3N4O/c1-11-4-3-5-12(2)29(11)20(31)17-10-19-27-16(13-6-7-14(22)15(23)8-13)9-18(21(24,25)26)30(19)28-17/h6-12H,3-5H2,1-2H3/t11-,12+. The summed E-state index contributed by atoms with van der Waals surface area (Å²) in [5.41, 5.74) is -0.745. The molecule has 10 heteroatoms. The van der Waals surface area contributed by atoms with E-state index in [1.807, 2.05) is 13.8 Å². The zero-order valence-corrected chi connectivity index (χ0v) is 18.3. The number of likely N-dealkylation sites (tertiary alicyclic amines) is 1. The SMILES string of the molecule is C[C@@H]1CCC[C@H](C)N1C(=O)c1cc2nc(-c3ccc(Cl)c(Cl)c3)cc(C(F)(F)F)n2n1. The number of benzene rings is 1. The summed E-state index contributed by atoms with van der Waals surface area (Å²) in [6, 6.07) is 6.63. The van der Waals surface area contributed by atoms with Crippen LogP contribution in [0.3, 0.4) is 0 Å². The summed E-state index contributed by atoms with van der Waals surface area (Å²) < 4.78 is 42.1. The smallest absolute Gasteiger partial charge is 0.332 e. The second kappa shape index (κ2) is 7.98. The predicted molar refractivity (Wildman–Crippen MR) is 112 cm³/mol. The molecule has 0 spiro atoms. The molecule has 0 aliphatic carbocycles. The zero-order valence-electron chi connectivity index (χ0n) is 16.7. The van der Waals surface area contributed by atoms with Crippen molar-refractivity contribution in [1.82, 2.24) is 19.5 Å². The number of hydrogen-bond acceptors (Lipinski definition) is 3. The van der Waals surface area contributed by atoms with Gasteiger partial charge in [-0.25, -0.2) is 9.50 Å². The van der Waals surface area contributed by atoms with Gasteiger partial charge in [-0.2, -0.15) is 18.3 Å². The van der Waals surface area contributed by atoms with Gasteiger partial charge in [0.05, 0.1) is 15.7 Å². The lowest BCUT2D eigenvalue weighted by Gasteiger charge is -2.38. The van der Waals surface area contributed by atoms with Crippen LogP contribution in [0.15, 0.2) is 30.3 Å². The number of carbonyl (C=O) groups excluding carboxylic acids is 1. The highest BCUT2D eigenvalue weighted by molar-refractivity contribution is 6.42. The fraction of sp³-hybridized carbons (Fsp3) is 0.381. The summed E-state index contributed by atoms with van der Waals surface area (Å²) in [6.07, 6.45) is -2.01. The maximum Gasteiger partial charge on any atom is 0.433 e. The summed E-state index contributed by atoms with van der Waals surface area (Å²) in [4.78, 5) is 19.1. The van der Waals surface area contributed by atoms with Crippen LogP contribution in [0.1, 0.15) is 49.3 Å². The fourth-order valence-electron chi connectivity index (χ4n) is 4.04. The van der Waals surface area contributed by atoms with E-state index in [4.69, 9.17) is 23.2 Å². The van der Waals surface area contributed by atoms with Crippen LogP contribution in [-0.4, -0.2) is 37.5 Å². The lowest BCUT2D eigenvalue weighted by atomic mass is 9.97. The van der Waals surface area contributed by atoms with Gasteiger partial charge in [0.1, 0.15) is 0 Å². The van der Waals surface area contributed by atoms with E-state index in [0.717, 1.165) is 25.3 Å². The normalized spacial score (nSPS) is 19.8. The number of halogens is 5. The molecule has 0 N–H and O–H groups in total. The van der Waals surface area contributed by atoms with Gasteiger partial charge in [-0.1, -0.05) is 29.3 Å². The Labute approximate surface area is 186 Å². The number of carbonyl (C=O) groups is 1. The van der Waals surface area contributed by atoms with Crippen molar-refractivity contribution in [2.75, 3.05) is 0 Å². The maximum atomic E-state index is 13.8. The van der Waals surface area contributed by atoms with Crippen molar-refractivity contribution in [1.29, 1.82) is 0 Å². The molecule has 1 amide bonds. The van der Waals surface area contributed by atoms with Crippen LogP contribution in [-0.2, 0) is 6.18 Å². The third-order valence-corrected chi connectivity index (χ3v) is 6.32. The number of amides is 1. The minimum Gasteiger partial charge on any atom is -0.332 e. The van der Waals surface area contributed by atoms with Gasteiger partial charge in [-0.05, 0) is 51.3 Å². The maximum absolute atomic E-state index is 13.8. The Hall–Kier alpha value is -2.32. The van der Waals surface area contributed by atoms with Crippen LogP contribution in [0.4, 0.5) is 13.2 Å². The van der Waals surface area contributed by atoms with E-state index in [9.17, 15) is 18.0 Å². The van der Waals surface area contributed by atoms with Crippen LogP contribution < -0.4 is 0 Å². The number of aromatic nitrogens is 3. The average Bonchev–Trinajstić information content (AvgIpc) is 3.12. The Morgan fingerprint density at radius 3 is 2.35 bits per heavy atom. The molecule has 0 bridgehead atoms. The number of fused-ring (bicyclic) bond motifs is 1. The molecule has 2 aromatic heterocycles. The number of alkyl halides is 3. The predicted octanol–water partition coefficient (Wildman–Crippen LogP) is 6.13. The van der Waals surface area contributed by atoms with Gasteiger partial charge < -0.3 is 4.90 Å². The summed E-state index contributed by atoms with van der Waals surface area (Å²) >= 11 is 11.9. The monoisotopic (exact) mass is 470 g/mol. The van der Waals surface area contributed by atoms with Crippen LogP contribution in [0.25, 0.3) is 16.9 Å². The highest BCUT2D eigenvalue weighted by atomic mass is 35.5. The first kappa shape index (κ1) is 21.9. The Morgan fingerprint density at radius 1 is 1.06 bits per heavy atom. The molecule has 1 aliphatic rings. The van der Waals surface area contributed by atoms with E-state index in [1.54, 1.807) is 4.90 Å². The molecule has 0 unspecified atom stereocenters. The number of nitrogens with zero attached hydrogens (tertiary/aromatic N) is 4. The Balaban J connectivity index is 1.84.